The third kappa shape index (κ3) is 2.85. The fourth-order valence-corrected chi connectivity index (χ4v) is 5.58. The third-order valence-corrected chi connectivity index (χ3v) is 6.96. The monoisotopic (exact) mass is 367 g/mol. The molecule has 0 saturated carbocycles. The minimum absolute atomic E-state index is 0.240. The number of nitrogens with one attached hydrogen (secondary N) is 1. The maximum atomic E-state index is 6.22. The van der Waals surface area contributed by atoms with Gasteiger partial charge in [-0.05, 0) is 55.9 Å². The number of allylic oxidation sites excluding steroid dienone is 2. The number of hydrogen-bond donors (Lipinski definition) is 1. The van der Waals surface area contributed by atoms with E-state index < -0.39 is 0 Å². The summed E-state index contributed by atoms with van der Waals surface area (Å²) < 4.78 is 11.9. The number of rotatable bonds is 4. The molecule has 0 bridgehead atoms. The Morgan fingerprint density at radius 2 is 2.23 bits per heavy atom. The Morgan fingerprint density at radius 1 is 1.27 bits per heavy atom. The highest BCUT2D eigenvalue weighted by molar-refractivity contribution is 7.12. The van der Waals surface area contributed by atoms with Crippen molar-refractivity contribution in [2.24, 2.45) is 5.92 Å². The van der Waals surface area contributed by atoms with Crippen LogP contribution in [0.2, 0.25) is 0 Å². The van der Waals surface area contributed by atoms with Crippen LogP contribution in [-0.2, 0) is 4.74 Å². The van der Waals surface area contributed by atoms with E-state index in [2.05, 4.69) is 54.7 Å². The molecule has 2 aliphatic heterocycles. The van der Waals surface area contributed by atoms with Gasteiger partial charge in [0, 0.05) is 22.3 Å². The number of fused-ring (bicyclic) bond motifs is 3. The highest BCUT2D eigenvalue weighted by atomic mass is 32.1. The Kier molecular flexibility index (Phi) is 4.26. The van der Waals surface area contributed by atoms with Crippen LogP contribution in [0.3, 0.4) is 0 Å². The van der Waals surface area contributed by atoms with E-state index in [1.165, 1.54) is 21.0 Å². The molecule has 4 heteroatoms. The zero-order valence-electron chi connectivity index (χ0n) is 15.1. The van der Waals surface area contributed by atoms with Crippen LogP contribution in [0, 0.1) is 12.8 Å². The molecule has 1 aromatic heterocycles. The molecule has 4 unspecified atom stereocenters. The molecule has 136 valence electrons. The van der Waals surface area contributed by atoms with Gasteiger partial charge in [0.25, 0.3) is 0 Å². The zero-order valence-corrected chi connectivity index (χ0v) is 15.9. The lowest BCUT2D eigenvalue weighted by Gasteiger charge is -2.37. The quantitative estimate of drug-likeness (QED) is 0.730. The predicted molar refractivity (Wildman–Crippen MR) is 106 cm³/mol. The molecule has 1 fully saturated rings. The second kappa shape index (κ2) is 6.75. The summed E-state index contributed by atoms with van der Waals surface area (Å²) in [6.07, 6.45) is 8.37. The van der Waals surface area contributed by atoms with Crippen LogP contribution < -0.4 is 10.1 Å². The van der Waals surface area contributed by atoms with Gasteiger partial charge in [0.1, 0.15) is 12.4 Å². The molecule has 1 aliphatic carbocycles. The normalized spacial score (nSPS) is 29.3. The Balaban J connectivity index is 1.46. The molecule has 0 amide bonds. The van der Waals surface area contributed by atoms with E-state index in [0.717, 1.165) is 31.6 Å². The van der Waals surface area contributed by atoms with E-state index >= 15 is 0 Å². The largest absolute Gasteiger partial charge is 0.489 e. The van der Waals surface area contributed by atoms with Gasteiger partial charge in [0.05, 0.1) is 17.8 Å². The average molecular weight is 368 g/mol. The summed E-state index contributed by atoms with van der Waals surface area (Å²) in [5.41, 5.74) is 2.55. The van der Waals surface area contributed by atoms with E-state index in [-0.39, 0.29) is 6.10 Å². The molecule has 3 heterocycles. The lowest BCUT2D eigenvalue weighted by atomic mass is 9.78. The van der Waals surface area contributed by atoms with E-state index in [1.54, 1.807) is 0 Å². The van der Waals surface area contributed by atoms with Crippen LogP contribution in [0.1, 0.15) is 46.5 Å². The zero-order chi connectivity index (χ0) is 17.5. The van der Waals surface area contributed by atoms with Crippen LogP contribution in [0.4, 0.5) is 5.69 Å². The van der Waals surface area contributed by atoms with E-state index in [1.807, 2.05) is 11.3 Å². The molecule has 4 atom stereocenters. The fourth-order valence-electron chi connectivity index (χ4n) is 4.57. The first-order chi connectivity index (χ1) is 12.8. The summed E-state index contributed by atoms with van der Waals surface area (Å²) >= 11 is 1.91. The van der Waals surface area contributed by atoms with Gasteiger partial charge in [-0.15, -0.1) is 11.3 Å². The number of hydrogen-bond acceptors (Lipinski definition) is 4. The van der Waals surface area contributed by atoms with Crippen molar-refractivity contribution in [3.8, 4) is 5.75 Å². The number of aryl methyl sites for hydroxylation is 1. The first-order valence-corrected chi connectivity index (χ1v) is 10.5. The summed E-state index contributed by atoms with van der Waals surface area (Å²) in [6.45, 7) is 3.70. The van der Waals surface area contributed by atoms with E-state index in [0.29, 0.717) is 24.5 Å². The minimum atomic E-state index is 0.240. The molecule has 3 nitrogen and oxygen atoms in total. The molecule has 3 aliphatic rings. The van der Waals surface area contributed by atoms with Gasteiger partial charge in [0.2, 0.25) is 0 Å². The molecular weight excluding hydrogens is 342 g/mol. The van der Waals surface area contributed by atoms with Crippen LogP contribution in [0.25, 0.3) is 0 Å². The predicted octanol–water partition coefficient (Wildman–Crippen LogP) is 5.44. The Labute approximate surface area is 159 Å². The second-order valence-corrected chi connectivity index (χ2v) is 8.91. The van der Waals surface area contributed by atoms with E-state index in [9.17, 15) is 0 Å². The fraction of sp³-hybridized carbons (Fsp3) is 0.455. The van der Waals surface area contributed by atoms with Crippen molar-refractivity contribution in [1.29, 1.82) is 0 Å². The van der Waals surface area contributed by atoms with Gasteiger partial charge >= 0.3 is 0 Å². The maximum absolute atomic E-state index is 6.22. The summed E-state index contributed by atoms with van der Waals surface area (Å²) in [7, 11) is 0. The van der Waals surface area contributed by atoms with Crippen LogP contribution in [0.5, 0.6) is 5.75 Å². The van der Waals surface area contributed by atoms with Crippen molar-refractivity contribution < 1.29 is 9.47 Å². The van der Waals surface area contributed by atoms with Crippen LogP contribution in [-0.4, -0.2) is 19.3 Å². The maximum Gasteiger partial charge on any atom is 0.142 e. The number of ether oxygens (including phenoxy) is 2. The van der Waals surface area contributed by atoms with Gasteiger partial charge in [-0.3, -0.25) is 0 Å². The summed E-state index contributed by atoms with van der Waals surface area (Å²) in [5.74, 6) is 2.04. The molecule has 26 heavy (non-hydrogen) atoms. The van der Waals surface area contributed by atoms with Gasteiger partial charge in [-0.25, -0.2) is 0 Å². The average Bonchev–Trinajstić information content (AvgIpc) is 3.40. The highest BCUT2D eigenvalue weighted by Gasteiger charge is 2.39. The SMILES string of the molecule is Cc1ccc(C2Nc3c(OCC4CCCO4)cccc3C3C=CCC32)s1. The van der Waals surface area contributed by atoms with Crippen LogP contribution in [0.15, 0.2) is 42.5 Å². The lowest BCUT2D eigenvalue weighted by Crippen LogP contribution is -2.29. The van der Waals surface area contributed by atoms with Crippen molar-refractivity contribution in [2.45, 2.75) is 44.2 Å². The molecule has 2 aromatic rings. The third-order valence-electron chi connectivity index (χ3n) is 5.87. The highest BCUT2D eigenvalue weighted by Crippen LogP contribution is 2.52. The number of anilines is 1. The number of thiophene rings is 1. The number of benzene rings is 1. The van der Waals surface area contributed by atoms with E-state index in [4.69, 9.17) is 9.47 Å². The Hall–Kier alpha value is -1.78. The number of para-hydroxylation sites is 1. The van der Waals surface area contributed by atoms with Gasteiger partial charge in [-0.1, -0.05) is 24.3 Å². The van der Waals surface area contributed by atoms with Crippen LogP contribution >= 0.6 is 11.3 Å². The Bertz CT molecular complexity index is 821. The summed E-state index contributed by atoms with van der Waals surface area (Å²) in [6, 6.07) is 11.3. The second-order valence-electron chi connectivity index (χ2n) is 7.59. The molecule has 1 aromatic carbocycles. The van der Waals surface area contributed by atoms with Crippen molar-refractivity contribution in [2.75, 3.05) is 18.5 Å². The summed E-state index contributed by atoms with van der Waals surface area (Å²) in [4.78, 5) is 2.80. The van der Waals surface area contributed by atoms with Crippen molar-refractivity contribution in [1.82, 2.24) is 0 Å². The first-order valence-electron chi connectivity index (χ1n) is 9.66. The van der Waals surface area contributed by atoms with Gasteiger partial charge in [-0.2, -0.15) is 0 Å². The Morgan fingerprint density at radius 3 is 3.04 bits per heavy atom. The smallest absolute Gasteiger partial charge is 0.142 e. The van der Waals surface area contributed by atoms with Crippen molar-refractivity contribution in [3.05, 3.63) is 57.8 Å². The lowest BCUT2D eigenvalue weighted by molar-refractivity contribution is 0.0681. The molecule has 1 N–H and O–H groups in total. The first kappa shape index (κ1) is 16.4. The molecule has 1 saturated heterocycles. The van der Waals surface area contributed by atoms with Gasteiger partial charge < -0.3 is 14.8 Å². The van der Waals surface area contributed by atoms with Crippen molar-refractivity contribution >= 4 is 17.0 Å². The topological polar surface area (TPSA) is 30.5 Å². The molecule has 0 spiro atoms. The molecule has 5 rings (SSSR count). The molecular formula is C22H25NO2S. The standard InChI is InChI=1S/C22H25NO2S/c1-14-10-11-20(26-14)22-18-7-2-6-16(18)17-8-3-9-19(21(17)23-22)25-13-15-5-4-12-24-15/h2-3,6,8-11,15-16,18,22-23H,4-5,7,12-13H2,1H3. The summed E-state index contributed by atoms with van der Waals surface area (Å²) in [5, 5.41) is 3.85. The van der Waals surface area contributed by atoms with Crippen molar-refractivity contribution in [3.63, 3.8) is 0 Å². The molecule has 0 radical (unpaired) electrons. The minimum Gasteiger partial charge on any atom is -0.489 e. The van der Waals surface area contributed by atoms with Gasteiger partial charge in [0.15, 0.2) is 0 Å².